The molecule has 1 aromatic carbocycles. The maximum atomic E-state index is 5.58. The van der Waals surface area contributed by atoms with Crippen molar-refractivity contribution in [2.24, 2.45) is 5.92 Å². The van der Waals surface area contributed by atoms with E-state index in [1.807, 2.05) is 0 Å². The number of hydrogen-bond acceptors (Lipinski definition) is 3. The van der Waals surface area contributed by atoms with E-state index in [0.717, 1.165) is 37.8 Å². The Labute approximate surface area is 110 Å². The molecular weight excluding hydrogens is 224 g/mol. The molecule has 0 unspecified atom stereocenters. The van der Waals surface area contributed by atoms with Crippen LogP contribution in [0.1, 0.15) is 22.3 Å². The summed E-state index contributed by atoms with van der Waals surface area (Å²) in [5.74, 6) is 1.84. The number of benzene rings is 1. The lowest BCUT2D eigenvalue weighted by Gasteiger charge is -2.27. The van der Waals surface area contributed by atoms with Gasteiger partial charge in [0.05, 0.1) is 7.11 Å². The van der Waals surface area contributed by atoms with Crippen molar-refractivity contribution in [2.45, 2.75) is 27.3 Å². The minimum Gasteiger partial charge on any atom is -0.496 e. The van der Waals surface area contributed by atoms with Crippen LogP contribution in [0.25, 0.3) is 0 Å². The Bertz CT molecular complexity index is 425. The van der Waals surface area contributed by atoms with Gasteiger partial charge in [-0.1, -0.05) is 6.07 Å². The van der Waals surface area contributed by atoms with E-state index in [2.05, 4.69) is 37.5 Å². The van der Waals surface area contributed by atoms with Crippen LogP contribution in [-0.4, -0.2) is 26.7 Å². The standard InChI is InChI=1S/C15H24N2O/c1-10-5-11(2)14(15(18-4)12(10)3)9-17-8-13-6-16-7-13/h5,13,16-17H,6-9H2,1-4H3. The Balaban J connectivity index is 2.07. The number of hydrogen-bond donors (Lipinski definition) is 2. The van der Waals surface area contributed by atoms with E-state index in [0.29, 0.717) is 0 Å². The van der Waals surface area contributed by atoms with Crippen LogP contribution in [-0.2, 0) is 6.54 Å². The van der Waals surface area contributed by atoms with E-state index in [4.69, 9.17) is 4.74 Å². The first-order valence-corrected chi connectivity index (χ1v) is 6.68. The number of aryl methyl sites for hydroxylation is 2. The molecule has 0 atom stereocenters. The second-order valence-electron chi connectivity index (χ2n) is 5.30. The SMILES string of the molecule is COc1c(C)c(C)cc(C)c1CNCC1CNC1. The fourth-order valence-corrected chi connectivity index (χ4v) is 2.49. The Morgan fingerprint density at radius 2 is 2.00 bits per heavy atom. The van der Waals surface area contributed by atoms with Gasteiger partial charge in [0.2, 0.25) is 0 Å². The van der Waals surface area contributed by atoms with E-state index in [-0.39, 0.29) is 0 Å². The molecule has 1 aliphatic rings. The lowest BCUT2D eigenvalue weighted by molar-refractivity contribution is 0.329. The van der Waals surface area contributed by atoms with E-state index in [9.17, 15) is 0 Å². The van der Waals surface area contributed by atoms with Crippen molar-refractivity contribution < 1.29 is 4.74 Å². The Morgan fingerprint density at radius 3 is 2.56 bits per heavy atom. The van der Waals surface area contributed by atoms with E-state index >= 15 is 0 Å². The van der Waals surface area contributed by atoms with Crippen molar-refractivity contribution in [3.05, 3.63) is 28.3 Å². The summed E-state index contributed by atoms with van der Waals surface area (Å²) < 4.78 is 5.58. The minimum atomic E-state index is 0.794. The summed E-state index contributed by atoms with van der Waals surface area (Å²) in [6.07, 6.45) is 0. The molecule has 0 aromatic heterocycles. The summed E-state index contributed by atoms with van der Waals surface area (Å²) in [4.78, 5) is 0. The minimum absolute atomic E-state index is 0.794. The first kappa shape index (κ1) is 13.4. The smallest absolute Gasteiger partial charge is 0.126 e. The molecule has 0 bridgehead atoms. The fraction of sp³-hybridized carbons (Fsp3) is 0.600. The molecule has 0 radical (unpaired) electrons. The lowest BCUT2D eigenvalue weighted by Crippen LogP contribution is -2.47. The van der Waals surface area contributed by atoms with Crippen LogP contribution >= 0.6 is 0 Å². The molecule has 0 saturated carbocycles. The van der Waals surface area contributed by atoms with Gasteiger partial charge in [0, 0.05) is 31.7 Å². The largest absolute Gasteiger partial charge is 0.496 e. The second kappa shape index (κ2) is 5.72. The fourth-order valence-electron chi connectivity index (χ4n) is 2.49. The zero-order valence-electron chi connectivity index (χ0n) is 11.9. The van der Waals surface area contributed by atoms with Crippen LogP contribution in [0.4, 0.5) is 0 Å². The molecule has 18 heavy (non-hydrogen) atoms. The molecule has 100 valence electrons. The van der Waals surface area contributed by atoms with Crippen molar-refractivity contribution in [3.8, 4) is 5.75 Å². The van der Waals surface area contributed by atoms with Gasteiger partial charge in [-0.2, -0.15) is 0 Å². The first-order chi connectivity index (χ1) is 8.63. The number of ether oxygens (including phenoxy) is 1. The van der Waals surface area contributed by atoms with Crippen LogP contribution < -0.4 is 15.4 Å². The highest BCUT2D eigenvalue weighted by molar-refractivity contribution is 5.49. The third-order valence-corrected chi connectivity index (χ3v) is 3.92. The molecule has 2 rings (SSSR count). The molecule has 1 aromatic rings. The predicted molar refractivity (Wildman–Crippen MR) is 75.3 cm³/mol. The van der Waals surface area contributed by atoms with Gasteiger partial charge < -0.3 is 15.4 Å². The average molecular weight is 248 g/mol. The van der Waals surface area contributed by atoms with Gasteiger partial charge in [-0.15, -0.1) is 0 Å². The molecule has 1 aliphatic heterocycles. The Morgan fingerprint density at radius 1 is 1.28 bits per heavy atom. The zero-order chi connectivity index (χ0) is 13.1. The van der Waals surface area contributed by atoms with Gasteiger partial charge in [-0.3, -0.25) is 0 Å². The van der Waals surface area contributed by atoms with Crippen LogP contribution in [0.15, 0.2) is 6.07 Å². The summed E-state index contributed by atoms with van der Waals surface area (Å²) in [5, 5.41) is 6.84. The molecule has 0 spiro atoms. The third-order valence-electron chi connectivity index (χ3n) is 3.92. The number of methoxy groups -OCH3 is 1. The van der Waals surface area contributed by atoms with Gasteiger partial charge in [0.1, 0.15) is 5.75 Å². The molecule has 3 heteroatoms. The van der Waals surface area contributed by atoms with Crippen molar-refractivity contribution in [2.75, 3.05) is 26.7 Å². The molecule has 2 N–H and O–H groups in total. The van der Waals surface area contributed by atoms with Crippen molar-refractivity contribution in [1.82, 2.24) is 10.6 Å². The van der Waals surface area contributed by atoms with E-state index in [1.165, 1.54) is 22.3 Å². The number of nitrogens with one attached hydrogen (secondary N) is 2. The number of rotatable bonds is 5. The van der Waals surface area contributed by atoms with Gasteiger partial charge in [-0.25, -0.2) is 0 Å². The monoisotopic (exact) mass is 248 g/mol. The van der Waals surface area contributed by atoms with Gasteiger partial charge in [0.15, 0.2) is 0 Å². The lowest BCUT2D eigenvalue weighted by atomic mass is 9.98. The Kier molecular flexibility index (Phi) is 4.25. The molecule has 1 saturated heterocycles. The predicted octanol–water partition coefficient (Wildman–Crippen LogP) is 1.93. The topological polar surface area (TPSA) is 33.3 Å². The van der Waals surface area contributed by atoms with Crippen LogP contribution in [0, 0.1) is 26.7 Å². The summed E-state index contributed by atoms with van der Waals surface area (Å²) in [6.45, 7) is 10.7. The first-order valence-electron chi connectivity index (χ1n) is 6.68. The molecule has 0 aliphatic carbocycles. The van der Waals surface area contributed by atoms with Crippen LogP contribution in [0.2, 0.25) is 0 Å². The maximum absolute atomic E-state index is 5.58. The quantitative estimate of drug-likeness (QED) is 0.835. The van der Waals surface area contributed by atoms with E-state index in [1.54, 1.807) is 7.11 Å². The summed E-state index contributed by atoms with van der Waals surface area (Å²) in [5.41, 5.74) is 5.17. The summed E-state index contributed by atoms with van der Waals surface area (Å²) in [6, 6.07) is 2.25. The van der Waals surface area contributed by atoms with Crippen molar-refractivity contribution >= 4 is 0 Å². The van der Waals surface area contributed by atoms with Crippen LogP contribution in [0.3, 0.4) is 0 Å². The van der Waals surface area contributed by atoms with Gasteiger partial charge >= 0.3 is 0 Å². The highest BCUT2D eigenvalue weighted by atomic mass is 16.5. The van der Waals surface area contributed by atoms with Crippen molar-refractivity contribution in [1.29, 1.82) is 0 Å². The zero-order valence-corrected chi connectivity index (χ0v) is 11.9. The average Bonchev–Trinajstić information content (AvgIpc) is 2.28. The Hall–Kier alpha value is -1.06. The second-order valence-corrected chi connectivity index (χ2v) is 5.30. The maximum Gasteiger partial charge on any atom is 0.126 e. The molecule has 1 heterocycles. The van der Waals surface area contributed by atoms with Gasteiger partial charge in [-0.05, 0) is 43.4 Å². The third kappa shape index (κ3) is 2.68. The highest BCUT2D eigenvalue weighted by Gasteiger charge is 2.17. The highest BCUT2D eigenvalue weighted by Crippen LogP contribution is 2.29. The van der Waals surface area contributed by atoms with Gasteiger partial charge in [0.25, 0.3) is 0 Å². The molecule has 0 amide bonds. The molecule has 1 fully saturated rings. The summed E-state index contributed by atoms with van der Waals surface area (Å²) >= 11 is 0. The normalized spacial score (nSPS) is 15.6. The molecular formula is C15H24N2O. The van der Waals surface area contributed by atoms with Crippen molar-refractivity contribution in [3.63, 3.8) is 0 Å². The van der Waals surface area contributed by atoms with Crippen LogP contribution in [0.5, 0.6) is 5.75 Å². The van der Waals surface area contributed by atoms with E-state index < -0.39 is 0 Å². The molecule has 3 nitrogen and oxygen atoms in total. The summed E-state index contributed by atoms with van der Waals surface area (Å²) in [7, 11) is 1.76.